The molecule has 1 aromatic carbocycles. The second-order valence-corrected chi connectivity index (χ2v) is 4.74. The third-order valence-electron chi connectivity index (χ3n) is 3.12. The van der Waals surface area contributed by atoms with Crippen molar-refractivity contribution in [2.45, 2.75) is 26.0 Å². The number of likely N-dealkylation sites (N-methyl/N-ethyl adjacent to an activating group) is 1. The molecule has 0 amide bonds. The summed E-state index contributed by atoms with van der Waals surface area (Å²) in [5.41, 5.74) is 0.828. The molecule has 1 atom stereocenters. The lowest BCUT2D eigenvalue weighted by atomic mass is 10.2. The summed E-state index contributed by atoms with van der Waals surface area (Å²) in [4.78, 5) is 2.10. The second-order valence-electron chi connectivity index (χ2n) is 4.74. The van der Waals surface area contributed by atoms with Crippen molar-refractivity contribution in [3.8, 4) is 0 Å². The Morgan fingerprint density at radius 3 is 2.65 bits per heavy atom. The first-order chi connectivity index (χ1) is 8.08. The van der Waals surface area contributed by atoms with E-state index in [9.17, 15) is 5.11 Å². The van der Waals surface area contributed by atoms with Crippen LogP contribution in [0.15, 0.2) is 34.7 Å². The Morgan fingerprint density at radius 1 is 1.29 bits per heavy atom. The van der Waals surface area contributed by atoms with Crippen LogP contribution in [0.4, 0.5) is 0 Å². The van der Waals surface area contributed by atoms with Gasteiger partial charge in [0.25, 0.3) is 0 Å². The molecule has 1 N–H and O–H groups in total. The van der Waals surface area contributed by atoms with E-state index in [2.05, 4.69) is 18.7 Å². The van der Waals surface area contributed by atoms with Gasteiger partial charge in [-0.2, -0.15) is 0 Å². The van der Waals surface area contributed by atoms with E-state index in [0.29, 0.717) is 18.3 Å². The van der Waals surface area contributed by atoms with Gasteiger partial charge in [-0.05, 0) is 33.0 Å². The van der Waals surface area contributed by atoms with Gasteiger partial charge >= 0.3 is 0 Å². The highest BCUT2D eigenvalue weighted by molar-refractivity contribution is 5.77. The van der Waals surface area contributed by atoms with Crippen molar-refractivity contribution in [2.24, 2.45) is 0 Å². The first-order valence-corrected chi connectivity index (χ1v) is 5.94. The molecular weight excluding hydrogens is 214 g/mol. The van der Waals surface area contributed by atoms with Gasteiger partial charge in [-0.25, -0.2) is 0 Å². The molecule has 0 saturated carbocycles. The summed E-state index contributed by atoms with van der Waals surface area (Å²) in [7, 11) is 2.00. The van der Waals surface area contributed by atoms with E-state index in [1.807, 2.05) is 37.4 Å². The fraction of sp³-hybridized carbons (Fsp3) is 0.429. The van der Waals surface area contributed by atoms with Gasteiger partial charge in [0.15, 0.2) is 0 Å². The molecule has 2 aromatic rings. The molecule has 2 rings (SSSR count). The summed E-state index contributed by atoms with van der Waals surface area (Å²) in [6.07, 6.45) is -0.574. The molecule has 0 fully saturated rings. The predicted molar refractivity (Wildman–Crippen MR) is 68.9 cm³/mol. The molecule has 92 valence electrons. The van der Waals surface area contributed by atoms with Gasteiger partial charge in [0.05, 0.1) is 0 Å². The van der Waals surface area contributed by atoms with Gasteiger partial charge in [0, 0.05) is 18.0 Å². The molecule has 0 aliphatic carbocycles. The summed E-state index contributed by atoms with van der Waals surface area (Å²) in [6, 6.07) is 10.1. The minimum absolute atomic E-state index is 0.411. The van der Waals surface area contributed by atoms with Crippen molar-refractivity contribution in [3.63, 3.8) is 0 Å². The molecule has 3 heteroatoms. The lowest BCUT2D eigenvalue weighted by molar-refractivity contribution is 0.0953. The van der Waals surface area contributed by atoms with E-state index in [0.717, 1.165) is 11.0 Å². The SMILES string of the molecule is CC(C)N(C)CC(O)c1cc2ccccc2o1. The van der Waals surface area contributed by atoms with Crippen LogP contribution < -0.4 is 0 Å². The van der Waals surface area contributed by atoms with E-state index in [1.54, 1.807) is 0 Å². The highest BCUT2D eigenvalue weighted by atomic mass is 16.4. The topological polar surface area (TPSA) is 36.6 Å². The van der Waals surface area contributed by atoms with Gasteiger partial charge in [-0.3, -0.25) is 0 Å². The highest BCUT2D eigenvalue weighted by Crippen LogP contribution is 2.24. The van der Waals surface area contributed by atoms with Crippen molar-refractivity contribution in [2.75, 3.05) is 13.6 Å². The highest BCUT2D eigenvalue weighted by Gasteiger charge is 2.16. The summed E-state index contributed by atoms with van der Waals surface area (Å²) < 4.78 is 5.63. The van der Waals surface area contributed by atoms with Crippen LogP contribution in [0, 0.1) is 0 Å². The molecule has 0 radical (unpaired) electrons. The minimum atomic E-state index is -0.574. The molecule has 0 spiro atoms. The molecule has 17 heavy (non-hydrogen) atoms. The maximum Gasteiger partial charge on any atom is 0.135 e. The summed E-state index contributed by atoms with van der Waals surface area (Å²) in [6.45, 7) is 4.79. The Kier molecular flexibility index (Phi) is 3.50. The zero-order chi connectivity index (χ0) is 12.4. The van der Waals surface area contributed by atoms with Gasteiger partial charge < -0.3 is 14.4 Å². The van der Waals surface area contributed by atoms with E-state index in [4.69, 9.17) is 4.42 Å². The Labute approximate surface area is 102 Å². The van der Waals surface area contributed by atoms with Crippen molar-refractivity contribution >= 4 is 11.0 Å². The van der Waals surface area contributed by atoms with Gasteiger partial charge in [0.1, 0.15) is 17.4 Å². The lowest BCUT2D eigenvalue weighted by Gasteiger charge is -2.22. The Bertz CT molecular complexity index is 457. The van der Waals surface area contributed by atoms with Crippen molar-refractivity contribution in [3.05, 3.63) is 36.1 Å². The van der Waals surface area contributed by atoms with Crippen LogP contribution in [0.5, 0.6) is 0 Å². The zero-order valence-electron chi connectivity index (χ0n) is 10.6. The molecule has 0 aliphatic rings. The standard InChI is InChI=1S/C14H19NO2/c1-10(2)15(3)9-12(16)14-8-11-6-4-5-7-13(11)17-14/h4-8,10,12,16H,9H2,1-3H3. The van der Waals surface area contributed by atoms with E-state index < -0.39 is 6.10 Å². The molecule has 3 nitrogen and oxygen atoms in total. The van der Waals surface area contributed by atoms with Gasteiger partial charge in [0.2, 0.25) is 0 Å². The number of rotatable bonds is 4. The fourth-order valence-corrected chi connectivity index (χ4v) is 1.74. The molecular formula is C14H19NO2. The summed E-state index contributed by atoms with van der Waals surface area (Å²) >= 11 is 0. The molecule has 0 saturated heterocycles. The number of hydrogen-bond acceptors (Lipinski definition) is 3. The van der Waals surface area contributed by atoms with Gasteiger partial charge in [-0.15, -0.1) is 0 Å². The monoisotopic (exact) mass is 233 g/mol. The minimum Gasteiger partial charge on any atom is -0.458 e. The number of aliphatic hydroxyl groups is 1. The summed E-state index contributed by atoms with van der Waals surface area (Å²) in [5.74, 6) is 0.638. The van der Waals surface area contributed by atoms with E-state index >= 15 is 0 Å². The van der Waals surface area contributed by atoms with E-state index in [-0.39, 0.29) is 0 Å². The van der Waals surface area contributed by atoms with Gasteiger partial charge in [-0.1, -0.05) is 18.2 Å². The maximum atomic E-state index is 10.1. The quantitative estimate of drug-likeness (QED) is 0.882. The second kappa shape index (κ2) is 4.90. The van der Waals surface area contributed by atoms with Crippen LogP contribution in [-0.4, -0.2) is 29.6 Å². The average molecular weight is 233 g/mol. The molecule has 0 aliphatic heterocycles. The van der Waals surface area contributed by atoms with Crippen molar-refractivity contribution < 1.29 is 9.52 Å². The Morgan fingerprint density at radius 2 is 2.00 bits per heavy atom. The van der Waals surface area contributed by atoms with E-state index in [1.165, 1.54) is 0 Å². The van der Waals surface area contributed by atoms with Crippen molar-refractivity contribution in [1.29, 1.82) is 0 Å². The number of aliphatic hydroxyl groups excluding tert-OH is 1. The number of hydrogen-bond donors (Lipinski definition) is 1. The molecule has 0 bridgehead atoms. The first-order valence-electron chi connectivity index (χ1n) is 5.94. The van der Waals surface area contributed by atoms with Crippen LogP contribution in [0.2, 0.25) is 0 Å². The molecule has 1 heterocycles. The molecule has 1 aromatic heterocycles. The zero-order valence-corrected chi connectivity index (χ0v) is 10.6. The summed E-state index contributed by atoms with van der Waals surface area (Å²) in [5, 5.41) is 11.1. The van der Waals surface area contributed by atoms with Crippen LogP contribution in [0.3, 0.4) is 0 Å². The smallest absolute Gasteiger partial charge is 0.135 e. The largest absolute Gasteiger partial charge is 0.458 e. The predicted octanol–water partition coefficient (Wildman–Crippen LogP) is 2.81. The average Bonchev–Trinajstić information content (AvgIpc) is 2.72. The fourth-order valence-electron chi connectivity index (χ4n) is 1.74. The Balaban J connectivity index is 2.16. The number of nitrogens with zero attached hydrogens (tertiary/aromatic N) is 1. The third-order valence-corrected chi connectivity index (χ3v) is 3.12. The Hall–Kier alpha value is -1.32. The first kappa shape index (κ1) is 12.1. The van der Waals surface area contributed by atoms with Crippen LogP contribution >= 0.6 is 0 Å². The molecule has 1 unspecified atom stereocenters. The van der Waals surface area contributed by atoms with Crippen molar-refractivity contribution in [1.82, 2.24) is 4.90 Å². The van der Waals surface area contributed by atoms with Crippen LogP contribution in [-0.2, 0) is 0 Å². The number of benzene rings is 1. The van der Waals surface area contributed by atoms with Crippen LogP contribution in [0.1, 0.15) is 25.7 Å². The lowest BCUT2D eigenvalue weighted by Crippen LogP contribution is -2.30. The number of furan rings is 1. The normalized spacial score (nSPS) is 13.8. The number of fused-ring (bicyclic) bond motifs is 1. The maximum absolute atomic E-state index is 10.1. The number of para-hydroxylation sites is 1. The van der Waals surface area contributed by atoms with Crippen LogP contribution in [0.25, 0.3) is 11.0 Å². The third kappa shape index (κ3) is 2.68.